The molecule has 0 aromatic carbocycles. The first kappa shape index (κ1) is 14.3. The molecule has 2 saturated heterocycles. The second kappa shape index (κ2) is 6.37. The lowest BCUT2D eigenvalue weighted by molar-refractivity contribution is -0.129. The van der Waals surface area contributed by atoms with Crippen molar-refractivity contribution in [3.05, 3.63) is 0 Å². The largest absolute Gasteiger partial charge is 0.339 e. The van der Waals surface area contributed by atoms with E-state index in [1.165, 1.54) is 0 Å². The van der Waals surface area contributed by atoms with E-state index in [0.717, 1.165) is 39.0 Å². The Bertz CT molecular complexity index is 314. The molecule has 5 heteroatoms. The molecule has 0 saturated carbocycles. The molecule has 0 spiro atoms. The molecule has 0 aliphatic carbocycles. The molecule has 2 aliphatic heterocycles. The molecule has 0 radical (unpaired) electrons. The Morgan fingerprint density at radius 2 is 1.37 bits per heavy atom. The first-order valence-corrected chi connectivity index (χ1v) is 7.39. The predicted octanol–water partition coefficient (Wildman–Crippen LogP) is 0.598. The summed E-state index contributed by atoms with van der Waals surface area (Å²) in [6.45, 7) is 7.56. The highest BCUT2D eigenvalue weighted by Gasteiger charge is 2.26. The van der Waals surface area contributed by atoms with Gasteiger partial charge in [-0.2, -0.15) is 0 Å². The van der Waals surface area contributed by atoms with Gasteiger partial charge >= 0.3 is 0 Å². The summed E-state index contributed by atoms with van der Waals surface area (Å²) in [5.74, 6) is 0.550. The highest BCUT2D eigenvalue weighted by atomic mass is 16.2. The molecule has 108 valence electrons. The van der Waals surface area contributed by atoms with E-state index in [4.69, 9.17) is 0 Å². The number of rotatable bonds is 6. The smallest absolute Gasteiger partial charge is 0.222 e. The summed E-state index contributed by atoms with van der Waals surface area (Å²) in [6.07, 6.45) is 3.37. The summed E-state index contributed by atoms with van der Waals surface area (Å²) in [5, 5.41) is 3.39. The molecular formula is C14H25N3O2. The van der Waals surface area contributed by atoms with Gasteiger partial charge in [0, 0.05) is 51.1 Å². The van der Waals surface area contributed by atoms with Crippen LogP contribution in [-0.4, -0.2) is 59.9 Å². The number of carbonyl (C=O) groups excluding carboxylic acids is 2. The molecule has 0 bridgehead atoms. The summed E-state index contributed by atoms with van der Waals surface area (Å²) < 4.78 is 0. The van der Waals surface area contributed by atoms with Crippen molar-refractivity contribution >= 4 is 11.8 Å². The van der Waals surface area contributed by atoms with Crippen molar-refractivity contribution in [3.63, 3.8) is 0 Å². The second-order valence-corrected chi connectivity index (χ2v) is 5.74. The van der Waals surface area contributed by atoms with Crippen LogP contribution in [0.2, 0.25) is 0 Å². The van der Waals surface area contributed by atoms with Gasteiger partial charge in [-0.3, -0.25) is 9.59 Å². The monoisotopic (exact) mass is 267 g/mol. The molecule has 2 heterocycles. The number of hydrogen-bond acceptors (Lipinski definition) is 3. The van der Waals surface area contributed by atoms with Crippen molar-refractivity contribution in [2.24, 2.45) is 0 Å². The van der Waals surface area contributed by atoms with E-state index in [2.05, 4.69) is 19.2 Å². The quantitative estimate of drug-likeness (QED) is 0.766. The van der Waals surface area contributed by atoms with E-state index >= 15 is 0 Å². The summed E-state index contributed by atoms with van der Waals surface area (Å²) in [5.41, 5.74) is 0. The lowest BCUT2D eigenvalue weighted by Crippen LogP contribution is -2.46. The van der Waals surface area contributed by atoms with Gasteiger partial charge in [-0.25, -0.2) is 0 Å². The number of hydrogen-bond donors (Lipinski definition) is 1. The Balaban J connectivity index is 1.68. The van der Waals surface area contributed by atoms with Gasteiger partial charge in [-0.05, 0) is 26.7 Å². The fraction of sp³-hybridized carbons (Fsp3) is 0.857. The van der Waals surface area contributed by atoms with Crippen LogP contribution in [0.5, 0.6) is 0 Å². The van der Waals surface area contributed by atoms with Crippen LogP contribution in [-0.2, 0) is 9.59 Å². The third kappa shape index (κ3) is 3.47. The van der Waals surface area contributed by atoms with Crippen LogP contribution in [0, 0.1) is 0 Å². The normalized spacial score (nSPS) is 23.3. The maximum absolute atomic E-state index is 11.6. The Hall–Kier alpha value is -1.10. The molecule has 2 rings (SSSR count). The van der Waals surface area contributed by atoms with E-state index in [9.17, 15) is 9.59 Å². The average molecular weight is 267 g/mol. The van der Waals surface area contributed by atoms with Crippen molar-refractivity contribution in [2.45, 2.75) is 51.6 Å². The van der Waals surface area contributed by atoms with Gasteiger partial charge in [0.2, 0.25) is 11.8 Å². The molecule has 1 N–H and O–H groups in total. The van der Waals surface area contributed by atoms with Crippen LogP contribution in [0.1, 0.15) is 39.5 Å². The number of nitrogens with zero attached hydrogens (tertiary/aromatic N) is 2. The zero-order valence-electron chi connectivity index (χ0n) is 12.0. The number of nitrogens with one attached hydrogen (secondary N) is 1. The molecular weight excluding hydrogens is 242 g/mol. The maximum Gasteiger partial charge on any atom is 0.222 e. The molecule has 2 unspecified atom stereocenters. The van der Waals surface area contributed by atoms with E-state index < -0.39 is 0 Å². The molecule has 19 heavy (non-hydrogen) atoms. The Morgan fingerprint density at radius 1 is 0.947 bits per heavy atom. The lowest BCUT2D eigenvalue weighted by atomic mass is 10.2. The SMILES string of the molecule is CC(CNCC(C)N1CCCC1=O)N1CCCC1=O. The van der Waals surface area contributed by atoms with E-state index in [1.807, 2.05) is 9.80 Å². The van der Waals surface area contributed by atoms with Gasteiger partial charge in [0.1, 0.15) is 0 Å². The minimum absolute atomic E-state index is 0.247. The van der Waals surface area contributed by atoms with Crippen molar-refractivity contribution < 1.29 is 9.59 Å². The summed E-state index contributed by atoms with van der Waals surface area (Å²) in [4.78, 5) is 27.1. The van der Waals surface area contributed by atoms with Crippen molar-refractivity contribution in [1.82, 2.24) is 15.1 Å². The van der Waals surface area contributed by atoms with Crippen molar-refractivity contribution in [1.29, 1.82) is 0 Å². The third-order valence-electron chi connectivity index (χ3n) is 4.16. The highest BCUT2D eigenvalue weighted by Crippen LogP contribution is 2.14. The molecule has 2 fully saturated rings. The Labute approximate surface area is 115 Å². The summed E-state index contributed by atoms with van der Waals surface area (Å²) in [6, 6.07) is 0.493. The first-order chi connectivity index (χ1) is 9.09. The standard InChI is InChI=1S/C14H25N3O2/c1-11(16-7-3-5-13(16)18)9-15-10-12(2)17-8-4-6-14(17)19/h11-12,15H,3-10H2,1-2H3. The fourth-order valence-electron chi connectivity index (χ4n) is 2.99. The van der Waals surface area contributed by atoms with Gasteiger partial charge < -0.3 is 15.1 Å². The maximum atomic E-state index is 11.6. The first-order valence-electron chi connectivity index (χ1n) is 7.39. The zero-order chi connectivity index (χ0) is 13.8. The van der Waals surface area contributed by atoms with Gasteiger partial charge in [0.05, 0.1) is 0 Å². The Morgan fingerprint density at radius 3 is 1.68 bits per heavy atom. The molecule has 0 aromatic heterocycles. The van der Waals surface area contributed by atoms with Crippen LogP contribution >= 0.6 is 0 Å². The fourth-order valence-corrected chi connectivity index (χ4v) is 2.99. The van der Waals surface area contributed by atoms with Crippen LogP contribution in [0.15, 0.2) is 0 Å². The van der Waals surface area contributed by atoms with Gasteiger partial charge in [0.25, 0.3) is 0 Å². The van der Waals surface area contributed by atoms with Crippen LogP contribution in [0.4, 0.5) is 0 Å². The minimum Gasteiger partial charge on any atom is -0.339 e. The Kier molecular flexibility index (Phi) is 4.80. The van der Waals surface area contributed by atoms with E-state index in [-0.39, 0.29) is 23.9 Å². The topological polar surface area (TPSA) is 52.7 Å². The summed E-state index contributed by atoms with van der Waals surface area (Å²) in [7, 11) is 0. The molecule has 5 nitrogen and oxygen atoms in total. The second-order valence-electron chi connectivity index (χ2n) is 5.74. The number of carbonyl (C=O) groups is 2. The van der Waals surface area contributed by atoms with Crippen LogP contribution in [0.25, 0.3) is 0 Å². The van der Waals surface area contributed by atoms with Crippen molar-refractivity contribution in [3.8, 4) is 0 Å². The molecule has 2 amide bonds. The van der Waals surface area contributed by atoms with Crippen LogP contribution < -0.4 is 5.32 Å². The number of likely N-dealkylation sites (tertiary alicyclic amines) is 2. The third-order valence-corrected chi connectivity index (χ3v) is 4.16. The predicted molar refractivity (Wildman–Crippen MR) is 73.7 cm³/mol. The van der Waals surface area contributed by atoms with Gasteiger partial charge in [0.15, 0.2) is 0 Å². The zero-order valence-corrected chi connectivity index (χ0v) is 12.0. The molecule has 2 atom stereocenters. The summed E-state index contributed by atoms with van der Waals surface area (Å²) >= 11 is 0. The molecule has 2 aliphatic rings. The van der Waals surface area contributed by atoms with E-state index in [0.29, 0.717) is 12.8 Å². The van der Waals surface area contributed by atoms with E-state index in [1.54, 1.807) is 0 Å². The minimum atomic E-state index is 0.247. The average Bonchev–Trinajstić information content (AvgIpc) is 2.97. The van der Waals surface area contributed by atoms with Crippen molar-refractivity contribution in [2.75, 3.05) is 26.2 Å². The van der Waals surface area contributed by atoms with Gasteiger partial charge in [-0.15, -0.1) is 0 Å². The van der Waals surface area contributed by atoms with Crippen LogP contribution in [0.3, 0.4) is 0 Å². The lowest BCUT2D eigenvalue weighted by Gasteiger charge is -2.28. The number of amides is 2. The highest BCUT2D eigenvalue weighted by molar-refractivity contribution is 5.78. The van der Waals surface area contributed by atoms with Gasteiger partial charge in [-0.1, -0.05) is 0 Å². The molecule has 0 aromatic rings.